The van der Waals surface area contributed by atoms with Crippen LogP contribution in [0.1, 0.15) is 22.3 Å². The van der Waals surface area contributed by atoms with Gasteiger partial charge in [0.1, 0.15) is 53.0 Å². The van der Waals surface area contributed by atoms with E-state index in [9.17, 15) is 40.5 Å². The number of benzene rings is 2. The summed E-state index contributed by atoms with van der Waals surface area (Å²) in [5.74, 6) is -3.61. The normalized spacial score (nSPS) is 32.2. The highest BCUT2D eigenvalue weighted by molar-refractivity contribution is 6.03. The van der Waals surface area contributed by atoms with E-state index in [1.54, 1.807) is 0 Å². The third-order valence-corrected chi connectivity index (χ3v) is 5.43. The molecule has 0 saturated carbocycles. The second-order valence-electron chi connectivity index (χ2n) is 7.66. The molecule has 2 aromatic carbocycles. The summed E-state index contributed by atoms with van der Waals surface area (Å²) in [6.45, 7) is -0.655. The van der Waals surface area contributed by atoms with E-state index in [1.807, 2.05) is 0 Å². The fraction of sp³-hybridized carbons (Fsp3) is 0.381. The minimum absolute atomic E-state index is 0.0484. The van der Waals surface area contributed by atoms with Crippen LogP contribution in [0.3, 0.4) is 0 Å². The smallest absolute Gasteiger partial charge is 0.242 e. The fourth-order valence-corrected chi connectivity index (χ4v) is 3.71. The summed E-state index contributed by atoms with van der Waals surface area (Å²) in [6.07, 6.45) is -8.17. The molecule has 2 heterocycles. The molecule has 4 rings (SSSR count). The first-order chi connectivity index (χ1) is 15.1. The Kier molecular flexibility index (Phi) is 5.71. The molecule has 1 saturated heterocycles. The molecule has 0 aromatic heterocycles. The zero-order valence-corrected chi connectivity index (χ0v) is 16.5. The van der Waals surface area contributed by atoms with Gasteiger partial charge in [-0.3, -0.25) is 4.79 Å². The Morgan fingerprint density at radius 3 is 2.38 bits per heavy atom. The van der Waals surface area contributed by atoms with E-state index in [2.05, 4.69) is 0 Å². The lowest BCUT2D eigenvalue weighted by Crippen LogP contribution is -2.60. The summed E-state index contributed by atoms with van der Waals surface area (Å²) < 4.78 is 16.4. The zero-order valence-electron chi connectivity index (χ0n) is 16.5. The summed E-state index contributed by atoms with van der Waals surface area (Å²) in [6, 6.07) is 7.62. The van der Waals surface area contributed by atoms with Gasteiger partial charge in [-0.1, -0.05) is 0 Å². The van der Waals surface area contributed by atoms with Crippen LogP contribution in [-0.4, -0.2) is 78.8 Å². The lowest BCUT2D eigenvalue weighted by molar-refractivity contribution is -0.277. The zero-order chi connectivity index (χ0) is 23.2. The summed E-state index contributed by atoms with van der Waals surface area (Å²) in [5.41, 5.74) is 0.00338. The largest absolute Gasteiger partial charge is 0.508 e. The molecule has 0 amide bonds. The Hall–Kier alpha value is -2.93. The van der Waals surface area contributed by atoms with E-state index >= 15 is 0 Å². The van der Waals surface area contributed by atoms with Crippen molar-refractivity contribution in [2.75, 3.05) is 6.61 Å². The molecular formula is C21H22O11. The number of ketones is 1. The minimum Gasteiger partial charge on any atom is -0.508 e. The second kappa shape index (κ2) is 8.20. The number of Topliss-reactive ketones (excluding diaryl/α,β-unsaturated/α-hetero) is 1. The number of phenolic OH excluding ortho intramolecular Hbond substituents is 2. The molecule has 0 radical (unpaired) electrons. The van der Waals surface area contributed by atoms with Crippen LogP contribution in [0, 0.1) is 0 Å². The Balaban J connectivity index is 1.63. The maximum atomic E-state index is 12.6. The van der Waals surface area contributed by atoms with Crippen molar-refractivity contribution in [2.45, 2.75) is 42.9 Å². The number of aliphatic hydroxyl groups is 5. The SMILES string of the molecule is O=C1CC(O)(c2ccc(O)cc2)Oc2cc(O[C@@H]3O[C@H](CO)[C@@H](O)[C@H](O)[C@H]3O)cc(O)c21. The van der Waals surface area contributed by atoms with E-state index in [0.717, 1.165) is 6.07 Å². The number of aliphatic hydroxyl groups excluding tert-OH is 4. The molecule has 7 N–H and O–H groups in total. The van der Waals surface area contributed by atoms with Crippen LogP contribution < -0.4 is 9.47 Å². The Labute approximate surface area is 181 Å². The first-order valence-corrected chi connectivity index (χ1v) is 9.71. The van der Waals surface area contributed by atoms with Crippen molar-refractivity contribution in [3.63, 3.8) is 0 Å². The topological polar surface area (TPSA) is 186 Å². The summed E-state index contributed by atoms with van der Waals surface area (Å²) in [5, 5.41) is 69.9. The average molecular weight is 450 g/mol. The highest BCUT2D eigenvalue weighted by atomic mass is 16.7. The maximum Gasteiger partial charge on any atom is 0.242 e. The quantitative estimate of drug-likeness (QED) is 0.306. The molecule has 1 unspecified atom stereocenters. The van der Waals surface area contributed by atoms with E-state index < -0.39 is 61.1 Å². The van der Waals surface area contributed by atoms with Crippen molar-refractivity contribution in [1.29, 1.82) is 0 Å². The molecule has 32 heavy (non-hydrogen) atoms. The summed E-state index contributed by atoms with van der Waals surface area (Å²) >= 11 is 0. The van der Waals surface area contributed by atoms with Gasteiger partial charge in [0.2, 0.25) is 12.1 Å². The van der Waals surface area contributed by atoms with E-state index in [0.29, 0.717) is 0 Å². The predicted molar refractivity (Wildman–Crippen MR) is 104 cm³/mol. The summed E-state index contributed by atoms with van der Waals surface area (Å²) in [7, 11) is 0. The number of hydrogen-bond donors (Lipinski definition) is 7. The van der Waals surface area contributed by atoms with Crippen molar-refractivity contribution in [3.8, 4) is 23.0 Å². The molecule has 11 nitrogen and oxygen atoms in total. The van der Waals surface area contributed by atoms with Crippen LogP contribution in [0.5, 0.6) is 23.0 Å². The molecule has 2 aromatic rings. The Morgan fingerprint density at radius 1 is 1.03 bits per heavy atom. The van der Waals surface area contributed by atoms with Crippen molar-refractivity contribution in [1.82, 2.24) is 0 Å². The van der Waals surface area contributed by atoms with Gasteiger partial charge in [-0.15, -0.1) is 0 Å². The van der Waals surface area contributed by atoms with Crippen molar-refractivity contribution >= 4 is 5.78 Å². The van der Waals surface area contributed by atoms with Crippen LogP contribution in [0.25, 0.3) is 0 Å². The third kappa shape index (κ3) is 3.86. The van der Waals surface area contributed by atoms with Gasteiger partial charge < -0.3 is 50.0 Å². The third-order valence-electron chi connectivity index (χ3n) is 5.43. The van der Waals surface area contributed by atoms with Crippen molar-refractivity contribution in [2.24, 2.45) is 0 Å². The van der Waals surface area contributed by atoms with Crippen LogP contribution >= 0.6 is 0 Å². The van der Waals surface area contributed by atoms with Gasteiger partial charge in [0, 0.05) is 17.7 Å². The number of hydrogen-bond acceptors (Lipinski definition) is 11. The first-order valence-electron chi connectivity index (χ1n) is 9.71. The van der Waals surface area contributed by atoms with E-state index in [1.165, 1.54) is 30.3 Å². The van der Waals surface area contributed by atoms with Gasteiger partial charge in [0.15, 0.2) is 5.78 Å². The highest BCUT2D eigenvalue weighted by Gasteiger charge is 2.46. The molecule has 2 aliphatic heterocycles. The van der Waals surface area contributed by atoms with Crippen LogP contribution in [0.15, 0.2) is 36.4 Å². The fourth-order valence-electron chi connectivity index (χ4n) is 3.71. The number of fused-ring (bicyclic) bond motifs is 1. The van der Waals surface area contributed by atoms with Crippen molar-refractivity contribution < 1.29 is 54.8 Å². The lowest BCUT2D eigenvalue weighted by atomic mass is 9.92. The molecule has 6 atom stereocenters. The number of rotatable bonds is 4. The molecule has 0 aliphatic carbocycles. The van der Waals surface area contributed by atoms with Gasteiger partial charge in [-0.25, -0.2) is 0 Å². The average Bonchev–Trinajstić information content (AvgIpc) is 2.73. The predicted octanol–water partition coefficient (Wildman–Crippen LogP) is -0.913. The van der Waals surface area contributed by atoms with Crippen LogP contribution in [0.2, 0.25) is 0 Å². The number of carbonyl (C=O) groups is 1. The molecule has 11 heteroatoms. The van der Waals surface area contributed by atoms with Gasteiger partial charge in [-0.05, 0) is 24.3 Å². The van der Waals surface area contributed by atoms with E-state index in [-0.39, 0.29) is 28.4 Å². The van der Waals surface area contributed by atoms with Gasteiger partial charge in [-0.2, -0.15) is 0 Å². The summed E-state index contributed by atoms with van der Waals surface area (Å²) in [4.78, 5) is 12.6. The Bertz CT molecular complexity index is 1010. The number of carbonyl (C=O) groups excluding carboxylic acids is 1. The molecular weight excluding hydrogens is 428 g/mol. The van der Waals surface area contributed by atoms with Gasteiger partial charge in [0.25, 0.3) is 0 Å². The standard InChI is InChI=1S/C21H22O11/c22-8-15-17(26)18(27)19(28)20(31-15)30-11-5-12(24)16-13(25)7-21(29,32-14(16)6-11)9-1-3-10(23)4-2-9/h1-6,15,17-20,22-24,26-29H,7-8H2/t15-,17-,18+,19-,20-,21?/m1/s1. The minimum atomic E-state index is -2.08. The monoisotopic (exact) mass is 450 g/mol. The number of phenols is 2. The molecule has 1 fully saturated rings. The highest BCUT2D eigenvalue weighted by Crippen LogP contribution is 2.44. The van der Waals surface area contributed by atoms with Gasteiger partial charge in [0.05, 0.1) is 13.0 Å². The van der Waals surface area contributed by atoms with Gasteiger partial charge >= 0.3 is 0 Å². The lowest BCUT2D eigenvalue weighted by Gasteiger charge is -2.39. The van der Waals surface area contributed by atoms with Crippen LogP contribution in [0.4, 0.5) is 0 Å². The number of ether oxygens (including phenoxy) is 3. The van der Waals surface area contributed by atoms with Crippen LogP contribution in [-0.2, 0) is 10.5 Å². The Morgan fingerprint density at radius 2 is 1.72 bits per heavy atom. The molecule has 0 bridgehead atoms. The maximum absolute atomic E-state index is 12.6. The first kappa shape index (κ1) is 22.3. The van der Waals surface area contributed by atoms with Crippen molar-refractivity contribution in [3.05, 3.63) is 47.5 Å². The molecule has 172 valence electrons. The number of aromatic hydroxyl groups is 2. The molecule has 2 aliphatic rings. The van der Waals surface area contributed by atoms with E-state index in [4.69, 9.17) is 14.2 Å². The molecule has 0 spiro atoms. The second-order valence-corrected chi connectivity index (χ2v) is 7.66.